The molecule has 2 aromatic rings. The third-order valence-electron chi connectivity index (χ3n) is 7.02. The van der Waals surface area contributed by atoms with Crippen LogP contribution in [0, 0.1) is 17.8 Å². The Kier molecular flexibility index (Phi) is 4.97. The Morgan fingerprint density at radius 2 is 1.55 bits per heavy atom. The SMILES string of the molecule is CCCOc1ccc(N2C(=O)[C@@H]3[C@@H](C(C)C)NC4(C(=O)c5ccccc5C4=O)[C@H]3C2=O)cc1. The molecular weight excluding hydrogens is 420 g/mol. The number of nitrogens with one attached hydrogen (secondary N) is 1. The molecule has 3 aliphatic rings. The molecule has 33 heavy (non-hydrogen) atoms. The number of ether oxygens (including phenoxy) is 1. The summed E-state index contributed by atoms with van der Waals surface area (Å²) < 4.78 is 5.60. The van der Waals surface area contributed by atoms with Gasteiger partial charge in [-0.1, -0.05) is 45.0 Å². The molecule has 1 spiro atoms. The molecule has 0 aromatic heterocycles. The predicted octanol–water partition coefficient (Wildman–Crippen LogP) is 3.03. The lowest BCUT2D eigenvalue weighted by Crippen LogP contribution is -2.59. The molecular formula is C26H26N2O5. The molecule has 0 unspecified atom stereocenters. The van der Waals surface area contributed by atoms with Gasteiger partial charge in [-0.2, -0.15) is 0 Å². The van der Waals surface area contributed by atoms with E-state index in [-0.39, 0.29) is 11.8 Å². The maximum absolute atomic E-state index is 13.8. The van der Waals surface area contributed by atoms with Crippen LogP contribution in [0.25, 0.3) is 0 Å². The van der Waals surface area contributed by atoms with E-state index in [2.05, 4.69) is 5.32 Å². The first-order valence-corrected chi connectivity index (χ1v) is 11.4. The van der Waals surface area contributed by atoms with Crippen molar-refractivity contribution in [2.24, 2.45) is 17.8 Å². The second-order valence-electron chi connectivity index (χ2n) is 9.28. The molecule has 2 aliphatic heterocycles. The van der Waals surface area contributed by atoms with Gasteiger partial charge in [0.2, 0.25) is 11.8 Å². The molecule has 1 N–H and O–H groups in total. The van der Waals surface area contributed by atoms with Gasteiger partial charge >= 0.3 is 0 Å². The van der Waals surface area contributed by atoms with Crippen molar-refractivity contribution in [3.63, 3.8) is 0 Å². The van der Waals surface area contributed by atoms with Gasteiger partial charge in [0, 0.05) is 17.2 Å². The van der Waals surface area contributed by atoms with Gasteiger partial charge in [0.25, 0.3) is 0 Å². The Hall–Kier alpha value is -3.32. The van der Waals surface area contributed by atoms with Crippen LogP contribution in [0.2, 0.25) is 0 Å². The van der Waals surface area contributed by atoms with Gasteiger partial charge in [0.1, 0.15) is 5.75 Å². The van der Waals surface area contributed by atoms with Gasteiger partial charge in [0.15, 0.2) is 17.1 Å². The van der Waals surface area contributed by atoms with Crippen LogP contribution in [0.15, 0.2) is 48.5 Å². The number of nitrogens with zero attached hydrogens (tertiary/aromatic N) is 1. The minimum atomic E-state index is -1.74. The fourth-order valence-corrected chi connectivity index (χ4v) is 5.52. The maximum atomic E-state index is 13.8. The highest BCUT2D eigenvalue weighted by atomic mass is 16.5. The fourth-order valence-electron chi connectivity index (χ4n) is 5.52. The average molecular weight is 447 g/mol. The minimum Gasteiger partial charge on any atom is -0.494 e. The Bertz CT molecular complexity index is 1130. The van der Waals surface area contributed by atoms with Gasteiger partial charge in [-0.15, -0.1) is 0 Å². The number of hydrogen-bond donors (Lipinski definition) is 1. The van der Waals surface area contributed by atoms with Crippen LogP contribution in [-0.4, -0.2) is 41.6 Å². The van der Waals surface area contributed by atoms with Crippen LogP contribution in [0.5, 0.6) is 5.75 Å². The van der Waals surface area contributed by atoms with Crippen molar-refractivity contribution < 1.29 is 23.9 Å². The van der Waals surface area contributed by atoms with Crippen LogP contribution in [-0.2, 0) is 9.59 Å². The monoisotopic (exact) mass is 446 g/mol. The highest BCUT2D eigenvalue weighted by Crippen LogP contribution is 2.51. The lowest BCUT2D eigenvalue weighted by Gasteiger charge is -2.29. The van der Waals surface area contributed by atoms with Crippen molar-refractivity contribution in [3.8, 4) is 5.75 Å². The van der Waals surface area contributed by atoms with E-state index in [9.17, 15) is 19.2 Å². The van der Waals surface area contributed by atoms with Crippen LogP contribution in [0.4, 0.5) is 5.69 Å². The van der Waals surface area contributed by atoms with E-state index < -0.39 is 40.9 Å². The largest absolute Gasteiger partial charge is 0.494 e. The lowest BCUT2D eigenvalue weighted by atomic mass is 9.76. The van der Waals surface area contributed by atoms with Crippen LogP contribution in [0.1, 0.15) is 47.9 Å². The van der Waals surface area contributed by atoms with Gasteiger partial charge in [-0.25, -0.2) is 4.90 Å². The van der Waals surface area contributed by atoms with Crippen molar-refractivity contribution in [2.75, 3.05) is 11.5 Å². The van der Waals surface area contributed by atoms with Gasteiger partial charge in [-0.3, -0.25) is 24.5 Å². The fraction of sp³-hybridized carbons (Fsp3) is 0.385. The summed E-state index contributed by atoms with van der Waals surface area (Å²) in [4.78, 5) is 55.7. The summed E-state index contributed by atoms with van der Waals surface area (Å²) in [6, 6.07) is 12.9. The Balaban J connectivity index is 1.57. The standard InChI is InChI=1S/C26H26N2O5/c1-4-13-33-16-11-9-15(10-12-16)28-24(31)19-20(25(28)32)26(27-21(19)14(2)3)22(29)17-7-5-6-8-18(17)23(26)30/h5-12,14,19-21,27H,4,13H2,1-3H3/t19-,20+,21+/m0/s1. The number of benzene rings is 2. The second kappa shape index (κ2) is 7.63. The maximum Gasteiger partial charge on any atom is 0.240 e. The minimum absolute atomic E-state index is 0.0669. The molecule has 2 aromatic carbocycles. The summed E-state index contributed by atoms with van der Waals surface area (Å²) in [6.45, 7) is 6.42. The number of carbonyl (C=O) groups excluding carboxylic acids is 4. The zero-order valence-corrected chi connectivity index (χ0v) is 18.8. The first-order chi connectivity index (χ1) is 15.8. The molecule has 2 amide bonds. The molecule has 1 aliphatic carbocycles. The van der Waals surface area contributed by atoms with Crippen molar-refractivity contribution >= 4 is 29.1 Å². The third kappa shape index (κ3) is 2.85. The number of ketones is 2. The summed E-state index contributed by atoms with van der Waals surface area (Å²) in [5.41, 5.74) is -0.727. The normalized spacial score (nSPS) is 25.3. The molecule has 7 nitrogen and oxygen atoms in total. The first kappa shape index (κ1) is 21.5. The zero-order chi connectivity index (χ0) is 23.5. The third-order valence-corrected chi connectivity index (χ3v) is 7.02. The molecule has 170 valence electrons. The molecule has 0 saturated carbocycles. The highest BCUT2D eigenvalue weighted by molar-refractivity contribution is 6.37. The Morgan fingerprint density at radius 1 is 0.939 bits per heavy atom. The van der Waals surface area contributed by atoms with E-state index in [1.807, 2.05) is 20.8 Å². The van der Waals surface area contributed by atoms with Gasteiger partial charge in [0.05, 0.1) is 24.1 Å². The van der Waals surface area contributed by atoms with Crippen LogP contribution >= 0.6 is 0 Å². The number of anilines is 1. The zero-order valence-electron chi connectivity index (χ0n) is 18.8. The number of amides is 2. The van der Waals surface area contributed by atoms with Gasteiger partial charge < -0.3 is 4.74 Å². The van der Waals surface area contributed by atoms with Gasteiger partial charge in [-0.05, 0) is 36.6 Å². The number of fused-ring (bicyclic) bond motifs is 3. The van der Waals surface area contributed by atoms with Crippen molar-refractivity contribution in [1.82, 2.24) is 5.32 Å². The summed E-state index contributed by atoms with van der Waals surface area (Å²) >= 11 is 0. The molecule has 0 radical (unpaired) electrons. The average Bonchev–Trinajstić information content (AvgIpc) is 3.38. The highest BCUT2D eigenvalue weighted by Gasteiger charge is 2.73. The number of rotatable bonds is 5. The topological polar surface area (TPSA) is 92.8 Å². The molecule has 2 saturated heterocycles. The molecule has 0 bridgehead atoms. The smallest absolute Gasteiger partial charge is 0.240 e. The summed E-state index contributed by atoms with van der Waals surface area (Å²) in [6.07, 6.45) is 0.865. The molecule has 7 heteroatoms. The van der Waals surface area contributed by atoms with E-state index in [1.165, 1.54) is 0 Å². The number of Topliss-reactive ketones (excluding diaryl/α,β-unsaturated/α-hetero) is 2. The van der Waals surface area contributed by atoms with E-state index >= 15 is 0 Å². The molecule has 3 atom stereocenters. The van der Waals surface area contributed by atoms with Crippen LogP contribution < -0.4 is 15.0 Å². The quantitative estimate of drug-likeness (QED) is 0.561. The second-order valence-corrected chi connectivity index (χ2v) is 9.28. The molecule has 5 rings (SSSR count). The number of imide groups is 1. The van der Waals surface area contributed by atoms with E-state index in [1.54, 1.807) is 48.5 Å². The van der Waals surface area contributed by atoms with Crippen LogP contribution in [0.3, 0.4) is 0 Å². The number of carbonyl (C=O) groups is 4. The molecule has 2 fully saturated rings. The van der Waals surface area contributed by atoms with E-state index in [0.717, 1.165) is 11.3 Å². The van der Waals surface area contributed by atoms with Crippen molar-refractivity contribution in [1.29, 1.82) is 0 Å². The van der Waals surface area contributed by atoms with Crippen molar-refractivity contribution in [3.05, 3.63) is 59.7 Å². The summed E-state index contributed by atoms with van der Waals surface area (Å²) in [5, 5.41) is 3.19. The first-order valence-electron chi connectivity index (χ1n) is 11.4. The number of hydrogen-bond acceptors (Lipinski definition) is 6. The predicted molar refractivity (Wildman–Crippen MR) is 121 cm³/mol. The van der Waals surface area contributed by atoms with Crippen molar-refractivity contribution in [2.45, 2.75) is 38.8 Å². The Labute approximate surface area is 192 Å². The van der Waals surface area contributed by atoms with E-state index in [0.29, 0.717) is 29.2 Å². The van der Waals surface area contributed by atoms with E-state index in [4.69, 9.17) is 4.74 Å². The molecule has 2 heterocycles. The lowest BCUT2D eigenvalue weighted by molar-refractivity contribution is -0.123. The summed E-state index contributed by atoms with van der Waals surface area (Å²) in [5.74, 6) is -3.04. The summed E-state index contributed by atoms with van der Waals surface area (Å²) in [7, 11) is 0. The Morgan fingerprint density at radius 3 is 2.09 bits per heavy atom.